The zero-order chi connectivity index (χ0) is 20.0. The molecule has 0 aromatic heterocycles. The molecule has 1 fully saturated rings. The van der Waals surface area contributed by atoms with Gasteiger partial charge in [-0.15, -0.1) is 11.8 Å². The van der Waals surface area contributed by atoms with Crippen molar-refractivity contribution in [2.75, 3.05) is 5.75 Å². The molecule has 1 rings (SSSR count). The molecule has 0 bridgehead atoms. The number of rotatable bonds is 12. The van der Waals surface area contributed by atoms with Gasteiger partial charge < -0.3 is 0 Å². The van der Waals surface area contributed by atoms with E-state index in [2.05, 4.69) is 48.5 Å². The minimum absolute atomic E-state index is 0.0533. The van der Waals surface area contributed by atoms with Gasteiger partial charge in [0, 0.05) is 6.42 Å². The van der Waals surface area contributed by atoms with Crippen molar-refractivity contribution in [1.82, 2.24) is 4.90 Å². The first kappa shape index (κ1) is 23.5. The van der Waals surface area contributed by atoms with E-state index >= 15 is 0 Å². The molecule has 0 spiro atoms. The van der Waals surface area contributed by atoms with E-state index in [4.69, 9.17) is 0 Å². The average molecular weight is 384 g/mol. The standard InChI is InChI=1S/C22H41NO2S/c1-8-13-21(9-2,10-3)16-22(11-4,12-5)23-19(24)14-18(20(23)25)26-15-17(6)7/h17-18H,8-16H2,1-7H3. The summed E-state index contributed by atoms with van der Waals surface area (Å²) in [5, 5.41) is -0.175. The summed E-state index contributed by atoms with van der Waals surface area (Å²) in [6, 6.07) is 0. The highest BCUT2D eigenvalue weighted by Gasteiger charge is 2.51. The number of imide groups is 1. The maximum absolute atomic E-state index is 13.2. The van der Waals surface area contributed by atoms with Crippen LogP contribution in [0.1, 0.15) is 99.8 Å². The van der Waals surface area contributed by atoms with Gasteiger partial charge in [0.25, 0.3) is 0 Å². The van der Waals surface area contributed by atoms with Crippen molar-refractivity contribution in [2.45, 2.75) is 111 Å². The molecule has 0 N–H and O–H groups in total. The zero-order valence-electron chi connectivity index (χ0n) is 18.2. The van der Waals surface area contributed by atoms with E-state index in [1.54, 1.807) is 16.7 Å². The predicted octanol–water partition coefficient (Wildman–Crippen LogP) is 6.06. The summed E-state index contributed by atoms with van der Waals surface area (Å²) in [5.41, 5.74) is -0.0903. The van der Waals surface area contributed by atoms with Gasteiger partial charge in [-0.3, -0.25) is 14.5 Å². The molecular formula is C22H41NO2S. The van der Waals surface area contributed by atoms with Crippen LogP contribution in [0.15, 0.2) is 0 Å². The van der Waals surface area contributed by atoms with Crippen molar-refractivity contribution in [3.8, 4) is 0 Å². The van der Waals surface area contributed by atoms with Crippen LogP contribution in [-0.4, -0.2) is 33.3 Å². The number of nitrogens with zero attached hydrogens (tertiary/aromatic N) is 1. The maximum atomic E-state index is 13.2. The average Bonchev–Trinajstić information content (AvgIpc) is 2.91. The molecule has 4 heteroatoms. The number of hydrogen-bond donors (Lipinski definition) is 0. The Morgan fingerprint density at radius 2 is 1.62 bits per heavy atom. The molecule has 0 aromatic carbocycles. The first-order chi connectivity index (χ1) is 12.2. The molecule has 1 unspecified atom stereocenters. The highest BCUT2D eigenvalue weighted by Crippen LogP contribution is 2.46. The molecular weight excluding hydrogens is 342 g/mol. The monoisotopic (exact) mass is 383 g/mol. The van der Waals surface area contributed by atoms with E-state index < -0.39 is 0 Å². The van der Waals surface area contributed by atoms with Gasteiger partial charge in [-0.05, 0) is 42.8 Å². The number of likely N-dealkylation sites (tertiary alicyclic amines) is 1. The van der Waals surface area contributed by atoms with Gasteiger partial charge >= 0.3 is 0 Å². The van der Waals surface area contributed by atoms with Crippen molar-refractivity contribution < 1.29 is 9.59 Å². The van der Waals surface area contributed by atoms with Crippen molar-refractivity contribution in [2.24, 2.45) is 11.3 Å². The molecule has 1 atom stereocenters. The van der Waals surface area contributed by atoms with Crippen LogP contribution in [0.3, 0.4) is 0 Å². The van der Waals surface area contributed by atoms with Crippen molar-refractivity contribution in [1.29, 1.82) is 0 Å². The topological polar surface area (TPSA) is 37.4 Å². The van der Waals surface area contributed by atoms with Gasteiger partial charge in [0.1, 0.15) is 0 Å². The second-order valence-electron chi connectivity index (χ2n) is 8.55. The fraction of sp³-hybridized carbons (Fsp3) is 0.909. The molecule has 1 saturated heterocycles. The van der Waals surface area contributed by atoms with Crippen molar-refractivity contribution in [3.05, 3.63) is 0 Å². The molecule has 2 amide bonds. The maximum Gasteiger partial charge on any atom is 0.243 e. The Balaban J connectivity index is 3.14. The molecule has 26 heavy (non-hydrogen) atoms. The number of carbonyl (C=O) groups excluding carboxylic acids is 2. The summed E-state index contributed by atoms with van der Waals surface area (Å²) < 4.78 is 0. The van der Waals surface area contributed by atoms with Gasteiger partial charge in [-0.2, -0.15) is 0 Å². The second kappa shape index (κ2) is 10.1. The Kier molecular flexibility index (Phi) is 9.18. The second-order valence-corrected chi connectivity index (χ2v) is 9.79. The molecule has 1 aliphatic heterocycles. The molecule has 3 nitrogen and oxygen atoms in total. The van der Waals surface area contributed by atoms with Gasteiger partial charge in [0.05, 0.1) is 10.8 Å². The third kappa shape index (κ3) is 5.05. The van der Waals surface area contributed by atoms with Crippen LogP contribution in [0.5, 0.6) is 0 Å². The Bertz CT molecular complexity index is 467. The van der Waals surface area contributed by atoms with Crippen LogP contribution in [0.25, 0.3) is 0 Å². The van der Waals surface area contributed by atoms with E-state index in [1.165, 1.54) is 6.42 Å². The lowest BCUT2D eigenvalue weighted by Gasteiger charge is -2.47. The molecule has 0 saturated carbocycles. The van der Waals surface area contributed by atoms with Crippen molar-refractivity contribution in [3.63, 3.8) is 0 Å². The summed E-state index contributed by atoms with van der Waals surface area (Å²) >= 11 is 1.67. The third-order valence-corrected chi connectivity index (χ3v) is 8.14. The summed E-state index contributed by atoms with van der Waals surface area (Å²) in [5.74, 6) is 1.60. The van der Waals surface area contributed by atoms with Crippen LogP contribution in [0, 0.1) is 11.3 Å². The van der Waals surface area contributed by atoms with Crippen LogP contribution < -0.4 is 0 Å². The van der Waals surface area contributed by atoms with E-state index in [0.29, 0.717) is 12.3 Å². The van der Waals surface area contributed by atoms with Crippen molar-refractivity contribution >= 4 is 23.6 Å². The van der Waals surface area contributed by atoms with Gasteiger partial charge in [-0.1, -0.05) is 67.7 Å². The molecule has 152 valence electrons. The number of hydrogen-bond acceptors (Lipinski definition) is 3. The Labute approximate surface area is 166 Å². The largest absolute Gasteiger partial charge is 0.275 e. The van der Waals surface area contributed by atoms with E-state index in [1.807, 2.05) is 0 Å². The zero-order valence-corrected chi connectivity index (χ0v) is 19.0. The molecule has 1 heterocycles. The summed E-state index contributed by atoms with van der Waals surface area (Å²) in [6.45, 7) is 15.4. The van der Waals surface area contributed by atoms with Gasteiger partial charge in [0.2, 0.25) is 11.8 Å². The fourth-order valence-electron chi connectivity index (χ4n) is 4.61. The van der Waals surface area contributed by atoms with E-state index in [-0.39, 0.29) is 28.0 Å². The summed E-state index contributed by atoms with van der Waals surface area (Å²) in [4.78, 5) is 27.8. The first-order valence-electron chi connectivity index (χ1n) is 10.7. The van der Waals surface area contributed by atoms with Gasteiger partial charge in [-0.25, -0.2) is 0 Å². The molecule has 1 aliphatic rings. The lowest BCUT2D eigenvalue weighted by atomic mass is 9.67. The molecule has 0 aliphatic carbocycles. The lowest BCUT2D eigenvalue weighted by Crippen LogP contribution is -2.54. The normalized spacial score (nSPS) is 19.1. The Hall–Kier alpha value is -0.510. The van der Waals surface area contributed by atoms with Gasteiger partial charge in [0.15, 0.2) is 0 Å². The van der Waals surface area contributed by atoms with E-state index in [0.717, 1.165) is 44.3 Å². The highest BCUT2D eigenvalue weighted by atomic mass is 32.2. The van der Waals surface area contributed by atoms with Crippen LogP contribution in [-0.2, 0) is 9.59 Å². The van der Waals surface area contributed by atoms with Crippen LogP contribution in [0.4, 0.5) is 0 Å². The van der Waals surface area contributed by atoms with Crippen LogP contribution >= 0.6 is 11.8 Å². The fourth-order valence-corrected chi connectivity index (χ4v) is 5.73. The quantitative estimate of drug-likeness (QED) is 0.384. The number of carbonyl (C=O) groups is 2. The SMILES string of the molecule is CCCC(CC)(CC)CC(CC)(CC)N1C(=O)CC(SCC(C)C)C1=O. The first-order valence-corrected chi connectivity index (χ1v) is 11.8. The lowest BCUT2D eigenvalue weighted by molar-refractivity contribution is -0.148. The number of thioether (sulfide) groups is 1. The van der Waals surface area contributed by atoms with Crippen LogP contribution in [0.2, 0.25) is 0 Å². The Morgan fingerprint density at radius 1 is 1.04 bits per heavy atom. The highest BCUT2D eigenvalue weighted by molar-refractivity contribution is 8.00. The minimum atomic E-state index is -0.317. The Morgan fingerprint density at radius 3 is 2.04 bits per heavy atom. The molecule has 0 aromatic rings. The molecule has 0 radical (unpaired) electrons. The predicted molar refractivity (Wildman–Crippen MR) is 113 cm³/mol. The minimum Gasteiger partial charge on any atom is -0.275 e. The smallest absolute Gasteiger partial charge is 0.243 e. The number of amides is 2. The third-order valence-electron chi connectivity index (χ3n) is 6.51. The summed E-state index contributed by atoms with van der Waals surface area (Å²) in [7, 11) is 0. The summed E-state index contributed by atoms with van der Waals surface area (Å²) in [6.07, 6.45) is 7.59. The van der Waals surface area contributed by atoms with E-state index in [9.17, 15) is 9.59 Å².